The molecule has 158 valence electrons. The van der Waals surface area contributed by atoms with Crippen molar-refractivity contribution in [2.24, 2.45) is 0 Å². The lowest BCUT2D eigenvalue weighted by molar-refractivity contribution is -0.120. The van der Waals surface area contributed by atoms with Crippen molar-refractivity contribution in [1.29, 1.82) is 0 Å². The lowest BCUT2D eigenvalue weighted by Gasteiger charge is -2.14. The first kappa shape index (κ1) is 19.8. The highest BCUT2D eigenvalue weighted by atomic mass is 32.2. The van der Waals surface area contributed by atoms with Crippen LogP contribution in [0.1, 0.15) is 30.9 Å². The van der Waals surface area contributed by atoms with Gasteiger partial charge >= 0.3 is 0 Å². The predicted octanol–water partition coefficient (Wildman–Crippen LogP) is 3.41. The fourth-order valence-corrected chi connectivity index (χ4v) is 4.65. The van der Waals surface area contributed by atoms with E-state index in [0.29, 0.717) is 22.4 Å². The summed E-state index contributed by atoms with van der Waals surface area (Å²) in [5, 5.41) is 12.6. The molecule has 0 radical (unpaired) electrons. The molecule has 1 amide bonds. The quantitative estimate of drug-likeness (QED) is 0.488. The van der Waals surface area contributed by atoms with Gasteiger partial charge in [0.25, 0.3) is 5.56 Å². The molecule has 1 aliphatic carbocycles. The minimum atomic E-state index is -0.326. The number of nitrogens with one attached hydrogen (secondary N) is 1. The number of rotatable bonds is 5. The molecule has 0 spiro atoms. The third-order valence-corrected chi connectivity index (χ3v) is 6.61. The van der Waals surface area contributed by atoms with Gasteiger partial charge in [0.1, 0.15) is 0 Å². The molecule has 5 rings (SSSR count). The second-order valence-electron chi connectivity index (χ2n) is 8.11. The van der Waals surface area contributed by atoms with E-state index in [1.807, 2.05) is 67.6 Å². The molecule has 2 aromatic carbocycles. The maximum Gasteiger partial charge on any atom is 0.267 e. The van der Waals surface area contributed by atoms with E-state index >= 15 is 0 Å². The second-order valence-corrected chi connectivity index (χ2v) is 9.42. The number of hydrogen-bond donors (Lipinski definition) is 1. The highest BCUT2D eigenvalue weighted by Crippen LogP contribution is 2.28. The van der Waals surface area contributed by atoms with Gasteiger partial charge in [-0.1, -0.05) is 41.6 Å². The summed E-state index contributed by atoms with van der Waals surface area (Å²) in [5.74, 6) is 0.434. The van der Waals surface area contributed by atoms with E-state index in [0.717, 1.165) is 35.2 Å². The summed E-state index contributed by atoms with van der Waals surface area (Å²) in [4.78, 5) is 26.0. The summed E-state index contributed by atoms with van der Waals surface area (Å²) in [5.41, 5.74) is 3.46. The maximum absolute atomic E-state index is 13.5. The first-order chi connectivity index (χ1) is 14.9. The molecule has 7 nitrogen and oxygen atoms in total. The normalized spacial score (nSPS) is 14.8. The van der Waals surface area contributed by atoms with E-state index in [1.54, 1.807) is 4.57 Å². The van der Waals surface area contributed by atoms with Crippen LogP contribution in [-0.2, 0) is 4.79 Å². The van der Waals surface area contributed by atoms with Crippen LogP contribution < -0.4 is 10.9 Å². The Morgan fingerprint density at radius 2 is 1.94 bits per heavy atom. The number of nitrogens with zero attached hydrogens (tertiary/aromatic N) is 4. The Hall–Kier alpha value is -3.13. The van der Waals surface area contributed by atoms with Crippen molar-refractivity contribution < 1.29 is 4.79 Å². The molecule has 1 unspecified atom stereocenters. The van der Waals surface area contributed by atoms with Crippen molar-refractivity contribution in [2.45, 2.75) is 50.1 Å². The summed E-state index contributed by atoms with van der Waals surface area (Å²) in [6.07, 6.45) is 2.09. The van der Waals surface area contributed by atoms with Gasteiger partial charge in [-0.25, -0.2) is 4.57 Å². The summed E-state index contributed by atoms with van der Waals surface area (Å²) < 4.78 is 3.49. The van der Waals surface area contributed by atoms with Crippen LogP contribution in [0.4, 0.5) is 0 Å². The van der Waals surface area contributed by atoms with Gasteiger partial charge in [-0.3, -0.25) is 14.0 Å². The lowest BCUT2D eigenvalue weighted by Crippen LogP contribution is -2.32. The zero-order chi connectivity index (χ0) is 21.7. The van der Waals surface area contributed by atoms with Crippen molar-refractivity contribution in [1.82, 2.24) is 24.5 Å². The average Bonchev–Trinajstić information content (AvgIpc) is 3.47. The molecule has 2 aromatic heterocycles. The van der Waals surface area contributed by atoms with Gasteiger partial charge in [-0.05, 0) is 57.4 Å². The van der Waals surface area contributed by atoms with E-state index in [1.165, 1.54) is 11.8 Å². The van der Waals surface area contributed by atoms with Gasteiger partial charge in [0.05, 0.1) is 21.8 Å². The van der Waals surface area contributed by atoms with Gasteiger partial charge in [0, 0.05) is 6.04 Å². The van der Waals surface area contributed by atoms with Crippen molar-refractivity contribution in [2.75, 3.05) is 0 Å². The van der Waals surface area contributed by atoms with Crippen molar-refractivity contribution >= 4 is 34.3 Å². The van der Waals surface area contributed by atoms with Gasteiger partial charge in [0.2, 0.25) is 11.7 Å². The molecule has 4 aromatic rings. The molecule has 0 bridgehead atoms. The second kappa shape index (κ2) is 7.53. The highest BCUT2D eigenvalue weighted by molar-refractivity contribution is 8.00. The van der Waals surface area contributed by atoms with Crippen LogP contribution in [-0.4, -0.2) is 36.4 Å². The third-order valence-electron chi connectivity index (χ3n) is 5.56. The van der Waals surface area contributed by atoms with Crippen LogP contribution in [0, 0.1) is 13.8 Å². The predicted molar refractivity (Wildman–Crippen MR) is 122 cm³/mol. The zero-order valence-electron chi connectivity index (χ0n) is 17.6. The van der Waals surface area contributed by atoms with E-state index in [9.17, 15) is 9.59 Å². The van der Waals surface area contributed by atoms with Crippen molar-refractivity contribution in [3.63, 3.8) is 0 Å². The molecular weight excluding hydrogens is 410 g/mol. The first-order valence-corrected chi connectivity index (χ1v) is 11.3. The fourth-order valence-electron chi connectivity index (χ4n) is 3.79. The number of carbonyl (C=O) groups is 1. The number of aryl methyl sites for hydroxylation is 2. The van der Waals surface area contributed by atoms with E-state index in [4.69, 9.17) is 0 Å². The van der Waals surface area contributed by atoms with Crippen LogP contribution >= 0.6 is 11.8 Å². The summed E-state index contributed by atoms with van der Waals surface area (Å²) in [6, 6.07) is 13.7. The number of aromatic nitrogens is 4. The molecule has 1 N–H and O–H groups in total. The summed E-state index contributed by atoms with van der Waals surface area (Å²) >= 11 is 1.35. The Kier molecular flexibility index (Phi) is 4.81. The van der Waals surface area contributed by atoms with Crippen LogP contribution in [0.25, 0.3) is 22.4 Å². The number of amides is 1. The molecule has 2 heterocycles. The Labute approximate surface area is 183 Å². The van der Waals surface area contributed by atoms with Gasteiger partial charge in [0.15, 0.2) is 5.16 Å². The number of fused-ring (bicyclic) bond motifs is 3. The molecular formula is C23H23N5O2S. The number of benzene rings is 2. The third kappa shape index (κ3) is 3.50. The van der Waals surface area contributed by atoms with Crippen LogP contribution in [0.3, 0.4) is 0 Å². The molecule has 1 fully saturated rings. The summed E-state index contributed by atoms with van der Waals surface area (Å²) in [7, 11) is 0. The Morgan fingerprint density at radius 3 is 2.68 bits per heavy atom. The standard InChI is InChI=1S/C23H23N5O2S/c1-13-8-11-18(14(2)12-13)27-21(30)17-6-4-5-7-19(17)28-22(27)25-26-23(28)31-15(3)20(29)24-16-9-10-16/h4-8,11-12,15-16H,9-10H2,1-3H3,(H,24,29). The number of carbonyl (C=O) groups excluding carboxylic acids is 1. The first-order valence-electron chi connectivity index (χ1n) is 10.4. The number of para-hydroxylation sites is 1. The summed E-state index contributed by atoms with van der Waals surface area (Å²) in [6.45, 7) is 5.87. The van der Waals surface area contributed by atoms with Crippen LogP contribution in [0.15, 0.2) is 52.4 Å². The smallest absolute Gasteiger partial charge is 0.267 e. The minimum Gasteiger partial charge on any atom is -0.352 e. The average molecular weight is 434 g/mol. The SMILES string of the molecule is Cc1ccc(-n2c(=O)c3ccccc3n3c(SC(C)C(=O)NC4CC4)nnc23)c(C)c1. The molecule has 0 aliphatic heterocycles. The van der Waals surface area contributed by atoms with Crippen molar-refractivity contribution in [3.8, 4) is 5.69 Å². The van der Waals surface area contributed by atoms with Crippen molar-refractivity contribution in [3.05, 3.63) is 63.9 Å². The number of hydrogen-bond acceptors (Lipinski definition) is 5. The Morgan fingerprint density at radius 1 is 1.16 bits per heavy atom. The minimum absolute atomic E-state index is 0.00347. The Bertz CT molecular complexity index is 1390. The molecule has 1 saturated carbocycles. The molecule has 0 saturated heterocycles. The molecule has 31 heavy (non-hydrogen) atoms. The maximum atomic E-state index is 13.5. The van der Waals surface area contributed by atoms with E-state index in [2.05, 4.69) is 15.5 Å². The van der Waals surface area contributed by atoms with E-state index in [-0.39, 0.29) is 16.7 Å². The molecule has 1 aliphatic rings. The highest BCUT2D eigenvalue weighted by Gasteiger charge is 2.27. The zero-order valence-corrected chi connectivity index (χ0v) is 18.4. The van der Waals surface area contributed by atoms with Gasteiger partial charge in [-0.2, -0.15) is 0 Å². The van der Waals surface area contributed by atoms with Gasteiger partial charge in [-0.15, -0.1) is 10.2 Å². The van der Waals surface area contributed by atoms with Crippen LogP contribution in [0.5, 0.6) is 0 Å². The topological polar surface area (TPSA) is 81.3 Å². The fraction of sp³-hybridized carbons (Fsp3) is 0.304. The lowest BCUT2D eigenvalue weighted by atomic mass is 10.1. The monoisotopic (exact) mass is 433 g/mol. The largest absolute Gasteiger partial charge is 0.352 e. The molecule has 1 atom stereocenters. The number of thioether (sulfide) groups is 1. The van der Waals surface area contributed by atoms with Gasteiger partial charge < -0.3 is 5.32 Å². The molecule has 8 heteroatoms. The Balaban J connectivity index is 1.70. The van der Waals surface area contributed by atoms with Crippen LogP contribution in [0.2, 0.25) is 0 Å². The van der Waals surface area contributed by atoms with E-state index < -0.39 is 0 Å².